The van der Waals surface area contributed by atoms with E-state index in [-0.39, 0.29) is 11.8 Å². The second-order valence-corrected chi connectivity index (χ2v) is 9.40. The predicted octanol–water partition coefficient (Wildman–Crippen LogP) is 1.35. The molecule has 2 atom stereocenters. The van der Waals surface area contributed by atoms with Crippen LogP contribution in [-0.2, 0) is 9.59 Å². The summed E-state index contributed by atoms with van der Waals surface area (Å²) in [5.41, 5.74) is 11.6. The van der Waals surface area contributed by atoms with E-state index in [9.17, 15) is 9.59 Å². The third-order valence-corrected chi connectivity index (χ3v) is 5.59. The average Bonchev–Trinajstić information content (AvgIpc) is 2.47. The Morgan fingerprint density at radius 1 is 0.792 bits per heavy atom. The first-order valence-electron chi connectivity index (χ1n) is 8.55. The molecule has 0 saturated heterocycles. The third kappa shape index (κ3) is 12.9. The third-order valence-electron chi connectivity index (χ3n) is 3.18. The van der Waals surface area contributed by atoms with Crippen LogP contribution in [0.4, 0.5) is 0 Å². The molecule has 0 bridgehead atoms. The molecule has 0 aromatic carbocycles. The number of hydrogen-bond acceptors (Lipinski definition) is 6. The Labute approximate surface area is 154 Å². The van der Waals surface area contributed by atoms with Gasteiger partial charge in [0.15, 0.2) is 0 Å². The van der Waals surface area contributed by atoms with Gasteiger partial charge in [0.25, 0.3) is 0 Å². The molecule has 2 unspecified atom stereocenters. The lowest BCUT2D eigenvalue weighted by Gasteiger charge is -2.14. The molecule has 2 amide bonds. The van der Waals surface area contributed by atoms with Gasteiger partial charge in [-0.2, -0.15) is 0 Å². The highest BCUT2D eigenvalue weighted by Crippen LogP contribution is 2.19. The highest BCUT2D eigenvalue weighted by Gasteiger charge is 2.15. The predicted molar refractivity (Wildman–Crippen MR) is 106 cm³/mol. The molecule has 0 aromatic rings. The molecule has 0 aliphatic heterocycles. The Morgan fingerprint density at radius 3 is 1.42 bits per heavy atom. The quantitative estimate of drug-likeness (QED) is 0.284. The second kappa shape index (κ2) is 13.8. The van der Waals surface area contributed by atoms with E-state index in [4.69, 9.17) is 11.5 Å². The molecular weight excluding hydrogens is 344 g/mol. The van der Waals surface area contributed by atoms with Crippen LogP contribution >= 0.6 is 21.6 Å². The molecular formula is C16H34N4O2S2. The minimum Gasteiger partial charge on any atom is -0.354 e. The Bertz CT molecular complexity index is 334. The Balaban J connectivity index is 3.54. The lowest BCUT2D eigenvalue weighted by molar-refractivity contribution is -0.123. The van der Waals surface area contributed by atoms with Gasteiger partial charge in [0, 0.05) is 24.6 Å². The van der Waals surface area contributed by atoms with Crippen molar-refractivity contribution in [2.45, 2.75) is 52.6 Å². The molecule has 0 spiro atoms. The average molecular weight is 379 g/mol. The topological polar surface area (TPSA) is 110 Å². The summed E-state index contributed by atoms with van der Waals surface area (Å²) in [6.45, 7) is 9.41. The number of nitrogens with one attached hydrogen (secondary N) is 2. The Kier molecular flexibility index (Phi) is 13.6. The molecule has 0 aliphatic carbocycles. The van der Waals surface area contributed by atoms with E-state index < -0.39 is 12.1 Å². The number of amides is 2. The summed E-state index contributed by atoms with van der Waals surface area (Å²) in [4.78, 5) is 23.4. The SMILES string of the molecule is CC(C)CC(N)C(=O)NCCSSCCNC(=O)C(N)CC(C)C. The summed E-state index contributed by atoms with van der Waals surface area (Å²) in [7, 11) is 3.34. The molecule has 0 fully saturated rings. The van der Waals surface area contributed by atoms with Gasteiger partial charge < -0.3 is 22.1 Å². The van der Waals surface area contributed by atoms with E-state index >= 15 is 0 Å². The summed E-state index contributed by atoms with van der Waals surface area (Å²) < 4.78 is 0. The van der Waals surface area contributed by atoms with E-state index in [2.05, 4.69) is 10.6 Å². The summed E-state index contributed by atoms with van der Waals surface area (Å²) in [5.74, 6) is 2.29. The molecule has 0 radical (unpaired) electrons. The monoisotopic (exact) mass is 378 g/mol. The summed E-state index contributed by atoms with van der Waals surface area (Å²) in [5, 5.41) is 5.69. The van der Waals surface area contributed by atoms with Gasteiger partial charge in [-0.15, -0.1) is 0 Å². The fourth-order valence-electron chi connectivity index (χ4n) is 2.04. The standard InChI is InChI=1S/C16H34N4O2S2/c1-11(2)9-13(17)15(21)19-5-7-23-24-8-6-20-16(22)14(18)10-12(3)4/h11-14H,5-10,17-18H2,1-4H3,(H,19,21)(H,20,22). The molecule has 0 aliphatic rings. The molecule has 0 saturated carbocycles. The zero-order valence-corrected chi connectivity index (χ0v) is 17.0. The van der Waals surface area contributed by atoms with E-state index in [1.165, 1.54) is 0 Å². The van der Waals surface area contributed by atoms with Crippen molar-refractivity contribution in [2.24, 2.45) is 23.3 Å². The maximum atomic E-state index is 11.7. The first kappa shape index (κ1) is 23.6. The number of hydrogen-bond donors (Lipinski definition) is 4. The Morgan fingerprint density at radius 2 is 1.12 bits per heavy atom. The molecule has 0 heterocycles. The van der Waals surface area contributed by atoms with E-state index in [1.54, 1.807) is 21.6 Å². The smallest absolute Gasteiger partial charge is 0.236 e. The zero-order valence-electron chi connectivity index (χ0n) is 15.3. The normalized spacial score (nSPS) is 13.8. The van der Waals surface area contributed by atoms with Crippen LogP contribution in [-0.4, -0.2) is 48.5 Å². The molecule has 0 aromatic heterocycles. The molecule has 6 N–H and O–H groups in total. The van der Waals surface area contributed by atoms with Crippen LogP contribution in [0.25, 0.3) is 0 Å². The largest absolute Gasteiger partial charge is 0.354 e. The van der Waals surface area contributed by atoms with Crippen molar-refractivity contribution in [1.29, 1.82) is 0 Å². The zero-order chi connectivity index (χ0) is 18.5. The van der Waals surface area contributed by atoms with Crippen LogP contribution in [0, 0.1) is 11.8 Å². The summed E-state index contributed by atoms with van der Waals surface area (Å²) >= 11 is 0. The molecule has 142 valence electrons. The van der Waals surface area contributed by atoms with Crippen LogP contribution in [0.1, 0.15) is 40.5 Å². The highest BCUT2D eigenvalue weighted by atomic mass is 33.1. The van der Waals surface area contributed by atoms with Crippen LogP contribution in [0.3, 0.4) is 0 Å². The van der Waals surface area contributed by atoms with Crippen LogP contribution in [0.15, 0.2) is 0 Å². The van der Waals surface area contributed by atoms with Gasteiger partial charge in [0.2, 0.25) is 11.8 Å². The van der Waals surface area contributed by atoms with Crippen molar-refractivity contribution in [2.75, 3.05) is 24.6 Å². The van der Waals surface area contributed by atoms with Crippen molar-refractivity contribution in [3.05, 3.63) is 0 Å². The van der Waals surface area contributed by atoms with Crippen molar-refractivity contribution < 1.29 is 9.59 Å². The maximum absolute atomic E-state index is 11.7. The highest BCUT2D eigenvalue weighted by molar-refractivity contribution is 8.76. The second-order valence-electron chi connectivity index (χ2n) is 6.70. The lowest BCUT2D eigenvalue weighted by Crippen LogP contribution is -2.42. The van der Waals surface area contributed by atoms with Crippen molar-refractivity contribution in [3.8, 4) is 0 Å². The molecule has 6 nitrogen and oxygen atoms in total. The van der Waals surface area contributed by atoms with Gasteiger partial charge >= 0.3 is 0 Å². The van der Waals surface area contributed by atoms with Crippen molar-refractivity contribution in [3.63, 3.8) is 0 Å². The van der Waals surface area contributed by atoms with Crippen LogP contribution < -0.4 is 22.1 Å². The number of carbonyl (C=O) groups excluding carboxylic acids is 2. The van der Waals surface area contributed by atoms with Crippen molar-refractivity contribution >= 4 is 33.4 Å². The fraction of sp³-hybridized carbons (Fsp3) is 0.875. The van der Waals surface area contributed by atoms with Gasteiger partial charge in [-0.25, -0.2) is 0 Å². The molecule has 24 heavy (non-hydrogen) atoms. The van der Waals surface area contributed by atoms with Crippen LogP contribution in [0.2, 0.25) is 0 Å². The first-order valence-corrected chi connectivity index (χ1v) is 11.0. The summed E-state index contributed by atoms with van der Waals surface area (Å²) in [6, 6.07) is -0.846. The number of nitrogens with two attached hydrogens (primary N) is 2. The van der Waals surface area contributed by atoms with Gasteiger partial charge in [0.1, 0.15) is 0 Å². The summed E-state index contributed by atoms with van der Waals surface area (Å²) in [6.07, 6.45) is 1.40. The van der Waals surface area contributed by atoms with Gasteiger partial charge in [-0.05, 0) is 24.7 Å². The van der Waals surface area contributed by atoms with Gasteiger partial charge in [-0.1, -0.05) is 49.3 Å². The Hall–Kier alpha value is -0.440. The molecule has 0 rings (SSSR count). The van der Waals surface area contributed by atoms with Gasteiger partial charge in [0.05, 0.1) is 12.1 Å². The number of rotatable bonds is 13. The fourth-order valence-corrected chi connectivity index (χ4v) is 3.86. The number of carbonyl (C=O) groups is 2. The minimum absolute atomic E-state index is 0.0827. The van der Waals surface area contributed by atoms with E-state index in [0.717, 1.165) is 11.5 Å². The minimum atomic E-state index is -0.423. The first-order chi connectivity index (χ1) is 11.2. The van der Waals surface area contributed by atoms with Crippen LogP contribution in [0.5, 0.6) is 0 Å². The molecule has 8 heteroatoms. The van der Waals surface area contributed by atoms with Gasteiger partial charge in [-0.3, -0.25) is 9.59 Å². The van der Waals surface area contributed by atoms with E-state index in [0.29, 0.717) is 37.8 Å². The lowest BCUT2D eigenvalue weighted by atomic mass is 10.0. The maximum Gasteiger partial charge on any atom is 0.236 e. The van der Waals surface area contributed by atoms with E-state index in [1.807, 2.05) is 27.7 Å². The van der Waals surface area contributed by atoms with Crippen molar-refractivity contribution in [1.82, 2.24) is 10.6 Å².